The number of aliphatic hydroxyl groups excluding tert-OH is 1. The summed E-state index contributed by atoms with van der Waals surface area (Å²) in [6.07, 6.45) is 5.00. The van der Waals surface area contributed by atoms with Crippen molar-refractivity contribution in [3.63, 3.8) is 0 Å². The Bertz CT molecular complexity index is 479. The van der Waals surface area contributed by atoms with Crippen LogP contribution in [0, 0.1) is 0 Å². The molecule has 6 nitrogen and oxygen atoms in total. The van der Waals surface area contributed by atoms with E-state index in [1.54, 1.807) is 13.1 Å². The van der Waals surface area contributed by atoms with E-state index in [4.69, 9.17) is 0 Å². The molecule has 1 atom stereocenters. The first kappa shape index (κ1) is 10.7. The maximum absolute atomic E-state index is 9.23. The molecule has 0 bridgehead atoms. The lowest BCUT2D eigenvalue weighted by Crippen LogP contribution is -2.17. The summed E-state index contributed by atoms with van der Waals surface area (Å²) in [7, 11) is 1.81. The molecule has 16 heavy (non-hydrogen) atoms. The van der Waals surface area contributed by atoms with Crippen molar-refractivity contribution in [2.24, 2.45) is 0 Å². The first-order valence-electron chi connectivity index (χ1n) is 5.14. The van der Waals surface area contributed by atoms with Crippen LogP contribution in [-0.4, -0.2) is 39.2 Å². The van der Waals surface area contributed by atoms with E-state index in [9.17, 15) is 5.11 Å². The lowest BCUT2D eigenvalue weighted by atomic mass is 10.4. The number of hydrogen-bond acceptors (Lipinski definition) is 5. The number of rotatable bonds is 4. The van der Waals surface area contributed by atoms with Crippen molar-refractivity contribution in [2.45, 2.75) is 13.0 Å². The summed E-state index contributed by atoms with van der Waals surface area (Å²) in [4.78, 5) is 8.55. The highest BCUT2D eigenvalue weighted by Crippen LogP contribution is 2.15. The summed E-state index contributed by atoms with van der Waals surface area (Å²) in [6, 6.07) is 0. The van der Waals surface area contributed by atoms with Crippen molar-refractivity contribution in [1.82, 2.24) is 14.4 Å². The predicted octanol–water partition coefficient (Wildman–Crippen LogP) is 0.564. The van der Waals surface area contributed by atoms with E-state index in [0.717, 1.165) is 11.5 Å². The van der Waals surface area contributed by atoms with Crippen LogP contribution in [0.1, 0.15) is 6.92 Å². The molecule has 0 spiro atoms. The normalized spacial score (nSPS) is 12.7. The Labute approximate surface area is 93.3 Å². The van der Waals surface area contributed by atoms with Crippen LogP contribution in [0.3, 0.4) is 0 Å². The smallest absolute Gasteiger partial charge is 0.180 e. The van der Waals surface area contributed by atoms with Gasteiger partial charge in [0.1, 0.15) is 5.82 Å². The monoisotopic (exact) mass is 221 g/mol. The highest BCUT2D eigenvalue weighted by molar-refractivity contribution is 5.65. The number of nitrogens with zero attached hydrogens (tertiary/aromatic N) is 3. The third-order valence-electron chi connectivity index (χ3n) is 2.20. The number of nitrogens with one attached hydrogen (secondary N) is 2. The Morgan fingerprint density at radius 1 is 1.56 bits per heavy atom. The van der Waals surface area contributed by atoms with Gasteiger partial charge in [-0.2, -0.15) is 0 Å². The van der Waals surface area contributed by atoms with Gasteiger partial charge in [-0.3, -0.25) is 0 Å². The van der Waals surface area contributed by atoms with Crippen LogP contribution in [0.25, 0.3) is 5.65 Å². The van der Waals surface area contributed by atoms with Crippen LogP contribution in [0.4, 0.5) is 11.6 Å². The molecule has 2 rings (SSSR count). The average molecular weight is 221 g/mol. The van der Waals surface area contributed by atoms with Crippen molar-refractivity contribution in [1.29, 1.82) is 0 Å². The van der Waals surface area contributed by atoms with Gasteiger partial charge in [-0.1, -0.05) is 0 Å². The van der Waals surface area contributed by atoms with Gasteiger partial charge in [-0.05, 0) is 6.92 Å². The molecule has 0 radical (unpaired) electrons. The molecule has 86 valence electrons. The maximum atomic E-state index is 9.23. The fourth-order valence-corrected chi connectivity index (χ4v) is 1.42. The number of fused-ring (bicyclic) bond motifs is 1. The van der Waals surface area contributed by atoms with Crippen LogP contribution >= 0.6 is 0 Å². The molecule has 2 aromatic rings. The molecular formula is C10H15N5O. The second kappa shape index (κ2) is 4.36. The fourth-order valence-electron chi connectivity index (χ4n) is 1.42. The van der Waals surface area contributed by atoms with Crippen molar-refractivity contribution in [2.75, 3.05) is 24.2 Å². The molecule has 0 fully saturated rings. The molecule has 3 N–H and O–H groups in total. The zero-order valence-electron chi connectivity index (χ0n) is 9.31. The SMILES string of the molecule is CNc1cn2ccnc2c(NCC(C)O)n1. The number of hydrogen-bond donors (Lipinski definition) is 3. The standard InChI is InChI=1S/C10H15N5O/c1-7(16)5-13-9-10-12-3-4-15(10)6-8(11-2)14-9/h3-4,6-7,11,16H,5H2,1-2H3,(H,13,14). The third-order valence-corrected chi connectivity index (χ3v) is 2.20. The number of imidazole rings is 1. The Kier molecular flexibility index (Phi) is 2.91. The van der Waals surface area contributed by atoms with Gasteiger partial charge in [0.05, 0.1) is 12.3 Å². The van der Waals surface area contributed by atoms with Gasteiger partial charge in [-0.15, -0.1) is 0 Å². The first-order chi connectivity index (χ1) is 7.70. The van der Waals surface area contributed by atoms with E-state index in [-0.39, 0.29) is 0 Å². The zero-order chi connectivity index (χ0) is 11.5. The van der Waals surface area contributed by atoms with Crippen LogP contribution in [-0.2, 0) is 0 Å². The number of aliphatic hydroxyl groups is 1. The Hall–Kier alpha value is -1.82. The van der Waals surface area contributed by atoms with E-state index in [1.165, 1.54) is 0 Å². The minimum atomic E-state index is -0.421. The summed E-state index contributed by atoms with van der Waals surface area (Å²) in [5.74, 6) is 1.41. The topological polar surface area (TPSA) is 74.5 Å². The Balaban J connectivity index is 2.36. The molecule has 0 aliphatic heterocycles. The van der Waals surface area contributed by atoms with Crippen LogP contribution < -0.4 is 10.6 Å². The quantitative estimate of drug-likeness (QED) is 0.703. The van der Waals surface area contributed by atoms with Crippen molar-refractivity contribution < 1.29 is 5.11 Å². The molecular weight excluding hydrogens is 206 g/mol. The first-order valence-corrected chi connectivity index (χ1v) is 5.14. The lowest BCUT2D eigenvalue weighted by Gasteiger charge is -2.10. The van der Waals surface area contributed by atoms with Gasteiger partial charge in [-0.25, -0.2) is 9.97 Å². The van der Waals surface area contributed by atoms with Gasteiger partial charge in [0.25, 0.3) is 0 Å². The van der Waals surface area contributed by atoms with E-state index in [0.29, 0.717) is 12.4 Å². The molecule has 0 saturated carbocycles. The summed E-state index contributed by atoms with van der Waals surface area (Å²) in [5, 5.41) is 15.3. The van der Waals surface area contributed by atoms with Gasteiger partial charge < -0.3 is 20.1 Å². The number of aromatic nitrogens is 3. The van der Waals surface area contributed by atoms with E-state index < -0.39 is 6.10 Å². The van der Waals surface area contributed by atoms with Crippen molar-refractivity contribution >= 4 is 17.3 Å². The molecule has 6 heteroatoms. The molecule has 0 amide bonds. The molecule has 2 heterocycles. The van der Waals surface area contributed by atoms with Gasteiger partial charge >= 0.3 is 0 Å². The van der Waals surface area contributed by atoms with E-state index in [2.05, 4.69) is 20.6 Å². The van der Waals surface area contributed by atoms with Crippen molar-refractivity contribution in [3.05, 3.63) is 18.6 Å². The fraction of sp³-hybridized carbons (Fsp3) is 0.400. The van der Waals surface area contributed by atoms with Gasteiger partial charge in [0.15, 0.2) is 11.5 Å². The van der Waals surface area contributed by atoms with E-state index in [1.807, 2.05) is 23.8 Å². The summed E-state index contributed by atoms with van der Waals surface area (Å²) in [6.45, 7) is 2.17. The second-order valence-electron chi connectivity index (χ2n) is 3.61. The van der Waals surface area contributed by atoms with Crippen molar-refractivity contribution in [3.8, 4) is 0 Å². The number of anilines is 2. The molecule has 0 aromatic carbocycles. The van der Waals surface area contributed by atoms with E-state index >= 15 is 0 Å². The second-order valence-corrected chi connectivity index (χ2v) is 3.61. The highest BCUT2D eigenvalue weighted by Gasteiger charge is 2.07. The summed E-state index contributed by atoms with van der Waals surface area (Å²) < 4.78 is 1.88. The molecule has 2 aromatic heterocycles. The third kappa shape index (κ3) is 2.06. The lowest BCUT2D eigenvalue weighted by molar-refractivity contribution is 0.208. The Morgan fingerprint density at radius 3 is 3.06 bits per heavy atom. The molecule has 0 aliphatic rings. The zero-order valence-corrected chi connectivity index (χ0v) is 9.31. The minimum Gasteiger partial charge on any atom is -0.392 e. The predicted molar refractivity (Wildman–Crippen MR) is 62.7 cm³/mol. The highest BCUT2D eigenvalue weighted by atomic mass is 16.3. The van der Waals surface area contributed by atoms with Crippen LogP contribution in [0.5, 0.6) is 0 Å². The van der Waals surface area contributed by atoms with Gasteiger partial charge in [0.2, 0.25) is 0 Å². The van der Waals surface area contributed by atoms with Gasteiger partial charge in [0, 0.05) is 26.0 Å². The average Bonchev–Trinajstić information content (AvgIpc) is 2.73. The van der Waals surface area contributed by atoms with Crippen LogP contribution in [0.15, 0.2) is 18.6 Å². The molecule has 1 unspecified atom stereocenters. The Morgan fingerprint density at radius 2 is 2.38 bits per heavy atom. The molecule has 0 saturated heterocycles. The molecule has 0 aliphatic carbocycles. The van der Waals surface area contributed by atoms with Crippen LogP contribution in [0.2, 0.25) is 0 Å². The largest absolute Gasteiger partial charge is 0.392 e. The maximum Gasteiger partial charge on any atom is 0.180 e. The summed E-state index contributed by atoms with van der Waals surface area (Å²) in [5.41, 5.74) is 0.750. The minimum absolute atomic E-state index is 0.421. The summed E-state index contributed by atoms with van der Waals surface area (Å²) >= 11 is 0.